The summed E-state index contributed by atoms with van der Waals surface area (Å²) in [6.07, 6.45) is 1.47. The number of nitrogens with one attached hydrogen (secondary N) is 2. The van der Waals surface area contributed by atoms with Gasteiger partial charge in [-0.1, -0.05) is 18.2 Å². The molecule has 128 valence electrons. The van der Waals surface area contributed by atoms with Gasteiger partial charge < -0.3 is 15.5 Å². The molecular weight excluding hydrogens is 314 g/mol. The van der Waals surface area contributed by atoms with Crippen LogP contribution in [0, 0.1) is 5.92 Å². The molecular formula is C17H26ClN3O2. The van der Waals surface area contributed by atoms with Crippen LogP contribution in [0.4, 0.5) is 0 Å². The van der Waals surface area contributed by atoms with Crippen LogP contribution < -0.4 is 10.6 Å². The molecule has 0 radical (unpaired) electrons. The maximum atomic E-state index is 12.3. The van der Waals surface area contributed by atoms with E-state index >= 15 is 0 Å². The molecule has 23 heavy (non-hydrogen) atoms. The standard InChI is InChI=1S/C17H25N3O2.ClH/c1-13(18-2)12-19-16(21)14-8-10-20(11-9-14)17(22)15-6-4-3-5-7-15;/h3-7,13-14,18H,8-12H2,1-2H3,(H,19,21);1H. The van der Waals surface area contributed by atoms with Gasteiger partial charge in [-0.15, -0.1) is 12.4 Å². The Kier molecular flexibility index (Phi) is 8.06. The van der Waals surface area contributed by atoms with Crippen molar-refractivity contribution in [1.29, 1.82) is 0 Å². The van der Waals surface area contributed by atoms with Gasteiger partial charge in [0, 0.05) is 37.2 Å². The van der Waals surface area contributed by atoms with E-state index < -0.39 is 0 Å². The summed E-state index contributed by atoms with van der Waals surface area (Å²) in [5, 5.41) is 6.07. The third kappa shape index (κ3) is 5.52. The number of benzene rings is 1. The third-order valence-corrected chi connectivity index (χ3v) is 4.25. The number of likely N-dealkylation sites (tertiary alicyclic amines) is 1. The monoisotopic (exact) mass is 339 g/mol. The molecule has 1 unspecified atom stereocenters. The number of nitrogens with zero attached hydrogens (tertiary/aromatic N) is 1. The SMILES string of the molecule is CNC(C)CNC(=O)C1CCN(C(=O)c2ccccc2)CC1.Cl. The molecule has 0 aromatic heterocycles. The number of piperidine rings is 1. The first-order chi connectivity index (χ1) is 10.6. The van der Waals surface area contributed by atoms with Gasteiger partial charge in [0.25, 0.3) is 5.91 Å². The molecule has 1 aromatic rings. The first kappa shape index (κ1) is 19.5. The zero-order valence-electron chi connectivity index (χ0n) is 13.7. The van der Waals surface area contributed by atoms with Crippen molar-refractivity contribution in [3.63, 3.8) is 0 Å². The molecule has 1 aliphatic rings. The van der Waals surface area contributed by atoms with Gasteiger partial charge >= 0.3 is 0 Å². The molecule has 5 nitrogen and oxygen atoms in total. The smallest absolute Gasteiger partial charge is 0.253 e. The highest BCUT2D eigenvalue weighted by molar-refractivity contribution is 5.94. The molecule has 6 heteroatoms. The Labute approximate surface area is 144 Å². The van der Waals surface area contributed by atoms with Crippen LogP contribution in [0.5, 0.6) is 0 Å². The Morgan fingerprint density at radius 3 is 2.39 bits per heavy atom. The lowest BCUT2D eigenvalue weighted by atomic mass is 9.95. The highest BCUT2D eigenvalue weighted by atomic mass is 35.5. The Hall–Kier alpha value is -1.59. The summed E-state index contributed by atoms with van der Waals surface area (Å²) in [5.74, 6) is 0.182. The molecule has 1 saturated heterocycles. The van der Waals surface area contributed by atoms with Crippen LogP contribution in [0.25, 0.3) is 0 Å². The van der Waals surface area contributed by atoms with Crippen molar-refractivity contribution in [3.05, 3.63) is 35.9 Å². The fourth-order valence-corrected chi connectivity index (χ4v) is 2.61. The molecule has 1 atom stereocenters. The van der Waals surface area contributed by atoms with Gasteiger partial charge in [-0.05, 0) is 38.9 Å². The van der Waals surface area contributed by atoms with Crippen molar-refractivity contribution >= 4 is 24.2 Å². The van der Waals surface area contributed by atoms with Crippen LogP contribution in [-0.4, -0.2) is 49.4 Å². The second kappa shape index (κ2) is 9.53. The summed E-state index contributed by atoms with van der Waals surface area (Å²) < 4.78 is 0. The van der Waals surface area contributed by atoms with Crippen molar-refractivity contribution < 1.29 is 9.59 Å². The van der Waals surface area contributed by atoms with E-state index in [0.29, 0.717) is 25.2 Å². The van der Waals surface area contributed by atoms with Gasteiger partial charge in [-0.2, -0.15) is 0 Å². The fraction of sp³-hybridized carbons (Fsp3) is 0.529. The molecule has 2 N–H and O–H groups in total. The number of hydrogen-bond donors (Lipinski definition) is 2. The molecule has 1 aromatic carbocycles. The number of rotatable bonds is 5. The average molecular weight is 340 g/mol. The minimum Gasteiger partial charge on any atom is -0.354 e. The van der Waals surface area contributed by atoms with Crippen molar-refractivity contribution in [2.75, 3.05) is 26.7 Å². The van der Waals surface area contributed by atoms with Crippen LogP contribution in [0.15, 0.2) is 30.3 Å². The molecule has 0 bridgehead atoms. The summed E-state index contributed by atoms with van der Waals surface area (Å²) in [6, 6.07) is 9.58. The molecule has 0 spiro atoms. The summed E-state index contributed by atoms with van der Waals surface area (Å²) in [6.45, 7) is 3.96. The fourth-order valence-electron chi connectivity index (χ4n) is 2.61. The van der Waals surface area contributed by atoms with Crippen LogP contribution in [-0.2, 0) is 4.79 Å². The number of carbonyl (C=O) groups excluding carboxylic acids is 2. The van der Waals surface area contributed by atoms with Crippen molar-refractivity contribution in [1.82, 2.24) is 15.5 Å². The first-order valence-corrected chi connectivity index (χ1v) is 7.91. The lowest BCUT2D eigenvalue weighted by Crippen LogP contribution is -2.45. The number of halogens is 1. The van der Waals surface area contributed by atoms with E-state index in [9.17, 15) is 9.59 Å². The van der Waals surface area contributed by atoms with E-state index in [-0.39, 0.29) is 36.2 Å². The predicted molar refractivity (Wildman–Crippen MR) is 93.8 cm³/mol. The van der Waals surface area contributed by atoms with Gasteiger partial charge in [0.1, 0.15) is 0 Å². The van der Waals surface area contributed by atoms with Crippen LogP contribution in [0.2, 0.25) is 0 Å². The third-order valence-electron chi connectivity index (χ3n) is 4.25. The molecule has 0 aliphatic carbocycles. The number of carbonyl (C=O) groups is 2. The molecule has 2 rings (SSSR count). The van der Waals surface area contributed by atoms with E-state index in [1.807, 2.05) is 49.2 Å². The van der Waals surface area contributed by atoms with Crippen LogP contribution in [0.1, 0.15) is 30.1 Å². The molecule has 0 saturated carbocycles. The first-order valence-electron chi connectivity index (χ1n) is 7.91. The average Bonchev–Trinajstić information content (AvgIpc) is 2.59. The quantitative estimate of drug-likeness (QED) is 0.858. The number of amides is 2. The van der Waals surface area contributed by atoms with Gasteiger partial charge in [0.05, 0.1) is 0 Å². The molecule has 2 amide bonds. The zero-order valence-corrected chi connectivity index (χ0v) is 14.6. The number of likely N-dealkylation sites (N-methyl/N-ethyl adjacent to an activating group) is 1. The lowest BCUT2D eigenvalue weighted by Gasteiger charge is -2.31. The van der Waals surface area contributed by atoms with Crippen molar-refractivity contribution in [2.24, 2.45) is 5.92 Å². The predicted octanol–water partition coefficient (Wildman–Crippen LogP) is 1.68. The normalized spacial score (nSPS) is 16.3. The lowest BCUT2D eigenvalue weighted by molar-refractivity contribution is -0.126. The van der Waals surface area contributed by atoms with E-state index in [4.69, 9.17) is 0 Å². The maximum absolute atomic E-state index is 12.3. The second-order valence-corrected chi connectivity index (χ2v) is 5.87. The Morgan fingerprint density at radius 2 is 1.83 bits per heavy atom. The second-order valence-electron chi connectivity index (χ2n) is 5.87. The number of hydrogen-bond acceptors (Lipinski definition) is 3. The highest BCUT2D eigenvalue weighted by Gasteiger charge is 2.27. The van der Waals surface area contributed by atoms with E-state index in [0.717, 1.165) is 12.8 Å². The summed E-state index contributed by atoms with van der Waals surface area (Å²) in [4.78, 5) is 26.3. The maximum Gasteiger partial charge on any atom is 0.253 e. The Bertz CT molecular complexity index is 502. The van der Waals surface area contributed by atoms with E-state index in [1.165, 1.54) is 0 Å². The Morgan fingerprint density at radius 1 is 1.22 bits per heavy atom. The van der Waals surface area contributed by atoms with Crippen molar-refractivity contribution in [2.45, 2.75) is 25.8 Å². The topological polar surface area (TPSA) is 61.4 Å². The van der Waals surface area contributed by atoms with Crippen molar-refractivity contribution in [3.8, 4) is 0 Å². The molecule has 1 heterocycles. The summed E-state index contributed by atoms with van der Waals surface area (Å²) >= 11 is 0. The van der Waals surface area contributed by atoms with E-state index in [1.54, 1.807) is 0 Å². The van der Waals surface area contributed by atoms with Gasteiger partial charge in [-0.25, -0.2) is 0 Å². The molecule has 1 aliphatic heterocycles. The largest absolute Gasteiger partial charge is 0.354 e. The van der Waals surface area contributed by atoms with Gasteiger partial charge in [0.15, 0.2) is 0 Å². The minimum absolute atomic E-state index is 0. The van der Waals surface area contributed by atoms with Gasteiger partial charge in [-0.3, -0.25) is 9.59 Å². The minimum atomic E-state index is 0. The molecule has 1 fully saturated rings. The summed E-state index contributed by atoms with van der Waals surface area (Å²) in [7, 11) is 1.88. The van der Waals surface area contributed by atoms with Crippen LogP contribution in [0.3, 0.4) is 0 Å². The summed E-state index contributed by atoms with van der Waals surface area (Å²) in [5.41, 5.74) is 0.716. The zero-order chi connectivity index (χ0) is 15.9. The van der Waals surface area contributed by atoms with E-state index in [2.05, 4.69) is 10.6 Å². The highest BCUT2D eigenvalue weighted by Crippen LogP contribution is 2.19. The van der Waals surface area contributed by atoms with Gasteiger partial charge in [0.2, 0.25) is 5.91 Å². The van der Waals surface area contributed by atoms with Crippen LogP contribution >= 0.6 is 12.4 Å². The Balaban J connectivity index is 0.00000264.